The molecule has 0 spiro atoms. The number of nitrogens with one attached hydrogen (secondary N) is 1. The lowest BCUT2D eigenvalue weighted by Crippen LogP contribution is -2.10. The quantitative estimate of drug-likeness (QED) is 0.849. The predicted octanol–water partition coefficient (Wildman–Crippen LogP) is 2.63. The van der Waals surface area contributed by atoms with Crippen LogP contribution in [0.3, 0.4) is 0 Å². The number of halogens is 1. The minimum atomic E-state index is -1.16. The number of amides is 1. The molecule has 2 aromatic rings. The van der Waals surface area contributed by atoms with Gasteiger partial charge in [-0.1, -0.05) is 0 Å². The highest BCUT2D eigenvalue weighted by molar-refractivity contribution is 7.11. The Balaban J connectivity index is 2.13. The van der Waals surface area contributed by atoms with Crippen LogP contribution in [0.5, 0.6) is 0 Å². The van der Waals surface area contributed by atoms with Gasteiger partial charge < -0.3 is 10.4 Å². The van der Waals surface area contributed by atoms with Gasteiger partial charge in [-0.3, -0.25) is 9.78 Å². The maximum Gasteiger partial charge on any atom is 0.328 e. The number of carbonyl (C=O) groups excluding carboxylic acids is 1. The predicted molar refractivity (Wildman–Crippen MR) is 73.1 cm³/mol. The number of carbonyl (C=O) groups is 2. The Morgan fingerprint density at radius 3 is 2.80 bits per heavy atom. The Bertz CT molecular complexity index is 668. The molecule has 0 saturated carbocycles. The number of anilines is 1. The van der Waals surface area contributed by atoms with Crippen molar-refractivity contribution in [1.29, 1.82) is 0 Å². The van der Waals surface area contributed by atoms with Crippen molar-refractivity contribution in [1.82, 2.24) is 4.98 Å². The van der Waals surface area contributed by atoms with Crippen LogP contribution in [-0.4, -0.2) is 22.0 Å². The molecule has 0 radical (unpaired) electrons. The van der Waals surface area contributed by atoms with Gasteiger partial charge in [-0.15, -0.1) is 11.3 Å². The Kier molecular flexibility index (Phi) is 4.21. The highest BCUT2D eigenvalue weighted by Crippen LogP contribution is 2.17. The minimum absolute atomic E-state index is 0.128. The summed E-state index contributed by atoms with van der Waals surface area (Å²) in [5.41, 5.74) is 1.94. The molecule has 0 fully saturated rings. The van der Waals surface area contributed by atoms with Gasteiger partial charge in [0, 0.05) is 17.3 Å². The summed E-state index contributed by atoms with van der Waals surface area (Å²) < 4.78 is 13.7. The molecule has 102 valence electrons. The monoisotopic (exact) mass is 292 g/mol. The molecule has 0 aliphatic carbocycles. The van der Waals surface area contributed by atoms with E-state index in [1.165, 1.54) is 35.2 Å². The summed E-state index contributed by atoms with van der Waals surface area (Å²) in [6, 6.07) is 4.00. The van der Waals surface area contributed by atoms with Crippen molar-refractivity contribution in [3.63, 3.8) is 0 Å². The van der Waals surface area contributed by atoms with E-state index in [9.17, 15) is 14.0 Å². The Morgan fingerprint density at radius 1 is 1.40 bits per heavy atom. The van der Waals surface area contributed by atoms with Gasteiger partial charge in [-0.2, -0.15) is 0 Å². The van der Waals surface area contributed by atoms with E-state index in [1.807, 2.05) is 0 Å². The van der Waals surface area contributed by atoms with E-state index in [1.54, 1.807) is 0 Å². The van der Waals surface area contributed by atoms with Gasteiger partial charge in [0.05, 0.1) is 11.7 Å². The van der Waals surface area contributed by atoms with E-state index in [0.29, 0.717) is 4.88 Å². The van der Waals surface area contributed by atoms with Gasteiger partial charge in [-0.05, 0) is 24.3 Å². The number of carboxylic acid groups (broad SMARTS) is 1. The Hall–Kier alpha value is -2.54. The average molecular weight is 292 g/mol. The SMILES string of the molecule is O=C(O)/C=C/c1ccc(NC(=O)c2cncs2)cc1F. The zero-order valence-electron chi connectivity index (χ0n) is 10.0. The molecule has 0 bridgehead atoms. The second-order valence-corrected chi connectivity index (χ2v) is 4.61. The first kappa shape index (κ1) is 13.9. The van der Waals surface area contributed by atoms with E-state index < -0.39 is 11.8 Å². The first-order valence-corrected chi connectivity index (χ1v) is 6.34. The van der Waals surface area contributed by atoms with Crippen molar-refractivity contribution in [2.24, 2.45) is 0 Å². The number of carboxylic acids is 1. The normalized spacial score (nSPS) is 10.7. The summed E-state index contributed by atoms with van der Waals surface area (Å²) in [6.45, 7) is 0. The molecule has 2 rings (SSSR count). The zero-order chi connectivity index (χ0) is 14.5. The van der Waals surface area contributed by atoms with Gasteiger partial charge in [-0.25, -0.2) is 9.18 Å². The summed E-state index contributed by atoms with van der Waals surface area (Å²) in [7, 11) is 0. The smallest absolute Gasteiger partial charge is 0.328 e. The molecule has 0 saturated heterocycles. The molecular weight excluding hydrogens is 283 g/mol. The first-order valence-electron chi connectivity index (χ1n) is 5.46. The largest absolute Gasteiger partial charge is 0.478 e. The third-order valence-corrected chi connectivity index (χ3v) is 3.09. The lowest BCUT2D eigenvalue weighted by Gasteiger charge is -2.04. The molecule has 1 aromatic carbocycles. The second kappa shape index (κ2) is 6.07. The van der Waals surface area contributed by atoms with Gasteiger partial charge in [0.15, 0.2) is 0 Å². The van der Waals surface area contributed by atoms with Crippen molar-refractivity contribution in [2.45, 2.75) is 0 Å². The number of rotatable bonds is 4. The van der Waals surface area contributed by atoms with Crippen LogP contribution in [0.1, 0.15) is 15.2 Å². The molecule has 5 nitrogen and oxygen atoms in total. The maximum atomic E-state index is 13.7. The number of thiazole rings is 1. The van der Waals surface area contributed by atoms with E-state index in [4.69, 9.17) is 5.11 Å². The van der Waals surface area contributed by atoms with Crippen LogP contribution in [0.25, 0.3) is 6.08 Å². The molecule has 0 aliphatic heterocycles. The standard InChI is InChI=1S/C13H9FN2O3S/c14-10-5-9(3-1-8(10)2-4-12(17)18)16-13(19)11-6-15-7-20-11/h1-7H,(H,16,19)(H,17,18)/b4-2+. The van der Waals surface area contributed by atoms with Crippen LogP contribution in [0.15, 0.2) is 36.0 Å². The number of aliphatic carboxylic acids is 1. The van der Waals surface area contributed by atoms with Crippen molar-refractivity contribution in [3.8, 4) is 0 Å². The van der Waals surface area contributed by atoms with Crippen LogP contribution >= 0.6 is 11.3 Å². The highest BCUT2D eigenvalue weighted by atomic mass is 32.1. The average Bonchev–Trinajstić information content (AvgIpc) is 2.91. The van der Waals surface area contributed by atoms with Crippen LogP contribution < -0.4 is 5.32 Å². The molecule has 2 N–H and O–H groups in total. The lowest BCUT2D eigenvalue weighted by atomic mass is 10.1. The van der Waals surface area contributed by atoms with Gasteiger partial charge in [0.25, 0.3) is 5.91 Å². The van der Waals surface area contributed by atoms with E-state index >= 15 is 0 Å². The van der Waals surface area contributed by atoms with Crippen LogP contribution in [0.2, 0.25) is 0 Å². The maximum absolute atomic E-state index is 13.7. The van der Waals surface area contributed by atoms with Gasteiger partial charge >= 0.3 is 5.97 Å². The fourth-order valence-corrected chi connectivity index (χ4v) is 1.94. The summed E-state index contributed by atoms with van der Waals surface area (Å²) in [4.78, 5) is 26.3. The van der Waals surface area contributed by atoms with Crippen molar-refractivity contribution in [3.05, 3.63) is 52.2 Å². The zero-order valence-corrected chi connectivity index (χ0v) is 10.9. The third kappa shape index (κ3) is 3.48. The number of hydrogen-bond donors (Lipinski definition) is 2. The van der Waals surface area contributed by atoms with Gasteiger partial charge in [0.1, 0.15) is 10.7 Å². The first-order chi connectivity index (χ1) is 9.56. The summed E-state index contributed by atoms with van der Waals surface area (Å²) in [5, 5.41) is 11.0. The number of aromatic nitrogens is 1. The van der Waals surface area contributed by atoms with Crippen molar-refractivity contribution < 1.29 is 19.1 Å². The number of hydrogen-bond acceptors (Lipinski definition) is 4. The van der Waals surface area contributed by atoms with Crippen LogP contribution in [0.4, 0.5) is 10.1 Å². The van der Waals surface area contributed by atoms with E-state index in [2.05, 4.69) is 10.3 Å². The van der Waals surface area contributed by atoms with Crippen molar-refractivity contribution in [2.75, 3.05) is 5.32 Å². The van der Waals surface area contributed by atoms with Crippen LogP contribution in [0, 0.1) is 5.82 Å². The Labute approximate surface area is 117 Å². The molecule has 20 heavy (non-hydrogen) atoms. The molecule has 7 heteroatoms. The number of nitrogens with zero attached hydrogens (tertiary/aromatic N) is 1. The molecule has 1 heterocycles. The Morgan fingerprint density at radius 2 is 2.20 bits per heavy atom. The molecule has 0 unspecified atom stereocenters. The molecule has 1 amide bonds. The molecule has 0 aliphatic rings. The lowest BCUT2D eigenvalue weighted by molar-refractivity contribution is -0.131. The molecular formula is C13H9FN2O3S. The number of benzene rings is 1. The van der Waals surface area contributed by atoms with Crippen LogP contribution in [-0.2, 0) is 4.79 Å². The minimum Gasteiger partial charge on any atom is -0.478 e. The summed E-state index contributed by atoms with van der Waals surface area (Å²) in [6.07, 6.45) is 3.40. The topological polar surface area (TPSA) is 79.3 Å². The highest BCUT2D eigenvalue weighted by Gasteiger charge is 2.09. The fraction of sp³-hybridized carbons (Fsp3) is 0. The van der Waals surface area contributed by atoms with E-state index in [-0.39, 0.29) is 17.2 Å². The molecule has 0 atom stereocenters. The summed E-state index contributed by atoms with van der Waals surface area (Å²) in [5.74, 6) is -2.16. The fourth-order valence-electron chi connectivity index (χ4n) is 1.42. The third-order valence-electron chi connectivity index (χ3n) is 2.32. The summed E-state index contributed by atoms with van der Waals surface area (Å²) >= 11 is 1.18. The van der Waals surface area contributed by atoms with E-state index in [0.717, 1.165) is 18.2 Å². The second-order valence-electron chi connectivity index (χ2n) is 3.73. The molecule has 1 aromatic heterocycles. The van der Waals surface area contributed by atoms with Gasteiger partial charge in [0.2, 0.25) is 0 Å². The van der Waals surface area contributed by atoms with Crippen molar-refractivity contribution >= 4 is 35.0 Å².